The van der Waals surface area contributed by atoms with Gasteiger partial charge < -0.3 is 14.6 Å². The first-order valence-electron chi connectivity index (χ1n) is 9.98. The monoisotopic (exact) mass is 363 g/mol. The van der Waals surface area contributed by atoms with Crippen LogP contribution in [0, 0.1) is 0 Å². The highest BCUT2D eigenvalue weighted by Gasteiger charge is 2.35. The highest BCUT2D eigenvalue weighted by Crippen LogP contribution is 2.39. The van der Waals surface area contributed by atoms with Crippen molar-refractivity contribution in [2.45, 2.75) is 57.7 Å². The summed E-state index contributed by atoms with van der Waals surface area (Å²) >= 11 is 0. The Morgan fingerprint density at radius 1 is 1.07 bits per heavy atom. The molecule has 3 aromatic rings. The van der Waals surface area contributed by atoms with Crippen LogP contribution in [0.2, 0.25) is 0 Å². The number of para-hydroxylation sites is 2. The van der Waals surface area contributed by atoms with Crippen LogP contribution >= 0.6 is 0 Å². The minimum atomic E-state index is 0.0339. The van der Waals surface area contributed by atoms with E-state index in [-0.39, 0.29) is 5.54 Å². The summed E-state index contributed by atoms with van der Waals surface area (Å²) in [5.74, 6) is 2.03. The molecule has 4 heteroatoms. The molecule has 1 aliphatic carbocycles. The van der Waals surface area contributed by atoms with E-state index in [9.17, 15) is 0 Å². The Kier molecular flexibility index (Phi) is 4.92. The fraction of sp³-hybridized carbons (Fsp3) is 0.435. The predicted octanol–water partition coefficient (Wildman–Crippen LogP) is 5.18. The van der Waals surface area contributed by atoms with E-state index in [2.05, 4.69) is 72.3 Å². The smallest absolute Gasteiger partial charge is 0.124 e. The number of fused-ring (bicyclic) bond motifs is 1. The topological polar surface area (TPSA) is 39.1 Å². The number of aromatic nitrogens is 2. The van der Waals surface area contributed by atoms with Crippen LogP contribution in [0.5, 0.6) is 5.75 Å². The number of nitrogens with one attached hydrogen (secondary N) is 1. The average Bonchev–Trinajstić information content (AvgIpc) is 3.31. The molecule has 4 rings (SSSR count). The molecule has 4 nitrogen and oxygen atoms in total. The van der Waals surface area contributed by atoms with Crippen molar-refractivity contribution in [2.75, 3.05) is 7.11 Å². The molecule has 1 heterocycles. The highest BCUT2D eigenvalue weighted by molar-refractivity contribution is 5.76. The van der Waals surface area contributed by atoms with Crippen LogP contribution in [0.25, 0.3) is 11.0 Å². The molecule has 0 spiro atoms. The lowest BCUT2D eigenvalue weighted by molar-refractivity contribution is 0.330. The van der Waals surface area contributed by atoms with Crippen LogP contribution in [0.4, 0.5) is 0 Å². The minimum Gasteiger partial charge on any atom is -0.497 e. The summed E-state index contributed by atoms with van der Waals surface area (Å²) in [4.78, 5) is 4.93. The number of nitrogens with zero attached hydrogens (tertiary/aromatic N) is 2. The third-order valence-corrected chi connectivity index (χ3v) is 5.87. The molecule has 0 aliphatic heterocycles. The second-order valence-corrected chi connectivity index (χ2v) is 7.85. The van der Waals surface area contributed by atoms with E-state index in [4.69, 9.17) is 9.72 Å². The number of hydrogen-bond donors (Lipinski definition) is 1. The molecular formula is C23H29N3O. The van der Waals surface area contributed by atoms with E-state index in [0.717, 1.165) is 23.6 Å². The Morgan fingerprint density at radius 2 is 1.78 bits per heavy atom. The second kappa shape index (κ2) is 7.35. The molecule has 1 aliphatic rings. The van der Waals surface area contributed by atoms with E-state index >= 15 is 0 Å². The average molecular weight is 364 g/mol. The molecule has 27 heavy (non-hydrogen) atoms. The maximum atomic E-state index is 5.34. The maximum absolute atomic E-state index is 5.34. The van der Waals surface area contributed by atoms with Crippen molar-refractivity contribution in [1.29, 1.82) is 0 Å². The summed E-state index contributed by atoms with van der Waals surface area (Å²) in [5, 5.41) is 3.90. The minimum absolute atomic E-state index is 0.0339. The van der Waals surface area contributed by atoms with E-state index in [1.807, 2.05) is 0 Å². The normalized spacial score (nSPS) is 16.3. The molecule has 0 bridgehead atoms. The van der Waals surface area contributed by atoms with Gasteiger partial charge in [0, 0.05) is 11.6 Å². The second-order valence-electron chi connectivity index (χ2n) is 7.85. The van der Waals surface area contributed by atoms with Crippen molar-refractivity contribution < 1.29 is 4.74 Å². The molecule has 1 aromatic heterocycles. The van der Waals surface area contributed by atoms with Crippen molar-refractivity contribution in [3.8, 4) is 5.75 Å². The third-order valence-electron chi connectivity index (χ3n) is 5.87. The summed E-state index contributed by atoms with van der Waals surface area (Å²) in [6.07, 6.45) is 4.86. The van der Waals surface area contributed by atoms with Crippen LogP contribution in [-0.4, -0.2) is 16.7 Å². The number of methoxy groups -OCH3 is 1. The number of hydrogen-bond acceptors (Lipinski definition) is 3. The highest BCUT2D eigenvalue weighted by atomic mass is 16.5. The van der Waals surface area contributed by atoms with Crippen LogP contribution < -0.4 is 10.1 Å². The van der Waals surface area contributed by atoms with Crippen molar-refractivity contribution >= 4 is 11.0 Å². The Labute approximate surface area is 161 Å². The lowest BCUT2D eigenvalue weighted by atomic mass is 9.88. The van der Waals surface area contributed by atoms with Gasteiger partial charge in [0.05, 0.1) is 24.7 Å². The van der Waals surface area contributed by atoms with Crippen molar-refractivity contribution in [3.05, 3.63) is 59.9 Å². The fourth-order valence-electron chi connectivity index (χ4n) is 4.50. The Bertz CT molecular complexity index is 905. The van der Waals surface area contributed by atoms with Gasteiger partial charge >= 0.3 is 0 Å². The first kappa shape index (κ1) is 18.1. The Balaban J connectivity index is 1.64. The van der Waals surface area contributed by atoms with Crippen molar-refractivity contribution in [2.24, 2.45) is 0 Å². The van der Waals surface area contributed by atoms with Crippen LogP contribution in [-0.2, 0) is 12.1 Å². The summed E-state index contributed by atoms with van der Waals surface area (Å²) in [5.41, 5.74) is 3.68. The lowest BCUT2D eigenvalue weighted by Gasteiger charge is -2.31. The standard InChI is InChI=1S/C23H29N3O/c1-17(2)26-21-9-5-4-8-20(21)25-22(26)16-24-23(14-6-7-15-23)18-10-12-19(27-3)13-11-18/h4-5,8-13,17,24H,6-7,14-16H2,1-3H3. The van der Waals surface area contributed by atoms with Gasteiger partial charge in [-0.15, -0.1) is 0 Å². The Morgan fingerprint density at radius 3 is 2.44 bits per heavy atom. The molecule has 0 amide bonds. The van der Waals surface area contributed by atoms with Gasteiger partial charge in [-0.1, -0.05) is 37.1 Å². The van der Waals surface area contributed by atoms with Gasteiger partial charge in [-0.25, -0.2) is 4.98 Å². The molecule has 0 atom stereocenters. The van der Waals surface area contributed by atoms with Gasteiger partial charge in [-0.3, -0.25) is 0 Å². The molecule has 2 aromatic carbocycles. The molecule has 0 saturated heterocycles. The number of benzene rings is 2. The van der Waals surface area contributed by atoms with E-state index in [0.29, 0.717) is 6.04 Å². The molecular weight excluding hydrogens is 334 g/mol. The predicted molar refractivity (Wildman–Crippen MR) is 110 cm³/mol. The molecule has 1 fully saturated rings. The maximum Gasteiger partial charge on any atom is 0.124 e. The molecule has 1 N–H and O–H groups in total. The van der Waals surface area contributed by atoms with Gasteiger partial charge in [0.15, 0.2) is 0 Å². The SMILES string of the molecule is COc1ccc(C2(NCc3nc4ccccc4n3C(C)C)CCCC2)cc1. The van der Waals surface area contributed by atoms with Gasteiger partial charge in [0.1, 0.15) is 11.6 Å². The van der Waals surface area contributed by atoms with Crippen molar-refractivity contribution in [3.63, 3.8) is 0 Å². The van der Waals surface area contributed by atoms with Gasteiger partial charge in [0.25, 0.3) is 0 Å². The van der Waals surface area contributed by atoms with Crippen molar-refractivity contribution in [1.82, 2.24) is 14.9 Å². The summed E-state index contributed by atoms with van der Waals surface area (Å²) < 4.78 is 7.70. The summed E-state index contributed by atoms with van der Waals surface area (Å²) in [6, 6.07) is 17.4. The van der Waals surface area contributed by atoms with E-state index in [1.165, 1.54) is 36.8 Å². The molecule has 0 unspecified atom stereocenters. The number of rotatable bonds is 6. The zero-order valence-corrected chi connectivity index (χ0v) is 16.5. The van der Waals surface area contributed by atoms with E-state index < -0.39 is 0 Å². The number of imidazole rings is 1. The van der Waals surface area contributed by atoms with Crippen LogP contribution in [0.3, 0.4) is 0 Å². The first-order valence-corrected chi connectivity index (χ1v) is 9.98. The van der Waals surface area contributed by atoms with Crippen LogP contribution in [0.15, 0.2) is 48.5 Å². The quantitative estimate of drug-likeness (QED) is 0.655. The third kappa shape index (κ3) is 3.34. The molecule has 142 valence electrons. The zero-order valence-electron chi connectivity index (χ0n) is 16.5. The largest absolute Gasteiger partial charge is 0.497 e. The zero-order chi connectivity index (χ0) is 18.9. The summed E-state index contributed by atoms with van der Waals surface area (Å²) in [7, 11) is 1.72. The van der Waals surface area contributed by atoms with Gasteiger partial charge in [-0.05, 0) is 56.5 Å². The summed E-state index contributed by atoms with van der Waals surface area (Å²) in [6.45, 7) is 5.23. The lowest BCUT2D eigenvalue weighted by Crippen LogP contribution is -2.40. The Hall–Kier alpha value is -2.33. The van der Waals surface area contributed by atoms with Gasteiger partial charge in [0.2, 0.25) is 0 Å². The van der Waals surface area contributed by atoms with E-state index in [1.54, 1.807) is 7.11 Å². The molecule has 1 saturated carbocycles. The molecule has 0 radical (unpaired) electrons. The fourth-order valence-corrected chi connectivity index (χ4v) is 4.50. The van der Waals surface area contributed by atoms with Crippen LogP contribution in [0.1, 0.15) is 57.0 Å². The number of ether oxygens (including phenoxy) is 1. The van der Waals surface area contributed by atoms with Gasteiger partial charge in [-0.2, -0.15) is 0 Å². The first-order chi connectivity index (χ1) is 13.1.